The van der Waals surface area contributed by atoms with Crippen LogP contribution in [0.1, 0.15) is 5.56 Å². The topological polar surface area (TPSA) is 95.5 Å². The summed E-state index contributed by atoms with van der Waals surface area (Å²) in [5.41, 5.74) is 0.426. The molecular formula is C17H22ClO8-. The molecule has 1 aromatic carbocycles. The number of methoxy groups -OCH3 is 2. The smallest absolute Gasteiger partial charge is 0.189 e. The summed E-state index contributed by atoms with van der Waals surface area (Å²) in [7, 11) is 3.13. The molecule has 0 saturated heterocycles. The molecule has 0 atom stereocenters. The number of hydrogen-bond donors (Lipinski definition) is 0. The minimum atomic E-state index is -1.33. The largest absolute Gasteiger partial charge is 0.545 e. The van der Waals surface area contributed by atoms with Gasteiger partial charge in [-0.2, -0.15) is 0 Å². The van der Waals surface area contributed by atoms with E-state index in [4.69, 9.17) is 40.0 Å². The summed E-state index contributed by atoms with van der Waals surface area (Å²) in [6.45, 7) is 1.52. The number of carboxylic acids is 1. The van der Waals surface area contributed by atoms with E-state index in [1.165, 1.54) is 18.2 Å². The van der Waals surface area contributed by atoms with Crippen LogP contribution >= 0.6 is 11.6 Å². The van der Waals surface area contributed by atoms with Gasteiger partial charge in [-0.25, -0.2) is 0 Å². The fourth-order valence-corrected chi connectivity index (χ4v) is 1.89. The van der Waals surface area contributed by atoms with Gasteiger partial charge >= 0.3 is 0 Å². The first-order valence-corrected chi connectivity index (χ1v) is 8.07. The van der Waals surface area contributed by atoms with Crippen LogP contribution in [0.4, 0.5) is 0 Å². The van der Waals surface area contributed by atoms with Crippen molar-refractivity contribution in [1.29, 1.82) is 0 Å². The predicted molar refractivity (Wildman–Crippen MR) is 92.1 cm³/mol. The van der Waals surface area contributed by atoms with E-state index in [0.29, 0.717) is 43.5 Å². The Bertz CT molecular complexity index is 576. The maximum atomic E-state index is 10.6. The van der Waals surface area contributed by atoms with Gasteiger partial charge in [0.25, 0.3) is 0 Å². The van der Waals surface area contributed by atoms with Crippen molar-refractivity contribution in [1.82, 2.24) is 0 Å². The lowest BCUT2D eigenvalue weighted by molar-refractivity contribution is -0.297. The molecule has 0 radical (unpaired) electrons. The van der Waals surface area contributed by atoms with E-state index in [1.54, 1.807) is 14.2 Å². The molecule has 0 heterocycles. The molecule has 0 aromatic heterocycles. The molecule has 8 nitrogen and oxygen atoms in total. The van der Waals surface area contributed by atoms with Crippen molar-refractivity contribution in [2.45, 2.75) is 0 Å². The van der Waals surface area contributed by atoms with Gasteiger partial charge in [0.1, 0.15) is 0 Å². The second-order valence-corrected chi connectivity index (χ2v) is 5.21. The highest BCUT2D eigenvalue weighted by molar-refractivity contribution is 6.32. The lowest BCUT2D eigenvalue weighted by atomic mass is 10.2. The van der Waals surface area contributed by atoms with E-state index in [2.05, 4.69) is 0 Å². The summed E-state index contributed by atoms with van der Waals surface area (Å²) < 4.78 is 31.3. The van der Waals surface area contributed by atoms with Crippen LogP contribution in [0.3, 0.4) is 0 Å². The standard InChI is InChI=1S/C17H23ClO8/c1-21-5-7-23-11-25-15-9-13(3-4-17(19)20)14(18)10-16(15)26-12-24-8-6-22-2/h3-4,9-10H,5-8,11-12H2,1-2H3,(H,19,20)/p-1/b4-3+. The van der Waals surface area contributed by atoms with Crippen molar-refractivity contribution >= 4 is 23.6 Å². The normalized spacial score (nSPS) is 11.0. The summed E-state index contributed by atoms with van der Waals surface area (Å²) in [4.78, 5) is 10.6. The third-order valence-electron chi connectivity index (χ3n) is 2.92. The maximum absolute atomic E-state index is 10.6. The molecule has 1 rings (SSSR count). The molecule has 26 heavy (non-hydrogen) atoms. The van der Waals surface area contributed by atoms with Crippen LogP contribution in [0, 0.1) is 0 Å². The molecule has 9 heteroatoms. The SMILES string of the molecule is COCCOCOc1cc(Cl)c(/C=C/C(=O)[O-])cc1OCOCCOC. The maximum Gasteiger partial charge on any atom is 0.189 e. The number of hydrogen-bond acceptors (Lipinski definition) is 8. The third-order valence-corrected chi connectivity index (χ3v) is 3.25. The zero-order valence-electron chi connectivity index (χ0n) is 14.7. The van der Waals surface area contributed by atoms with Crippen LogP contribution in [-0.4, -0.2) is 60.2 Å². The first-order chi connectivity index (χ1) is 12.6. The van der Waals surface area contributed by atoms with Crippen molar-refractivity contribution in [3.63, 3.8) is 0 Å². The Balaban J connectivity index is 2.79. The number of carbonyl (C=O) groups is 1. The molecule has 0 bridgehead atoms. The van der Waals surface area contributed by atoms with Crippen molar-refractivity contribution in [2.75, 3.05) is 54.2 Å². The molecule has 0 fully saturated rings. The quantitative estimate of drug-likeness (QED) is 0.265. The highest BCUT2D eigenvalue weighted by Gasteiger charge is 2.11. The van der Waals surface area contributed by atoms with E-state index >= 15 is 0 Å². The summed E-state index contributed by atoms with van der Waals surface area (Å²) in [5, 5.41) is 10.9. The predicted octanol–water partition coefficient (Wildman–Crippen LogP) is 1.10. The van der Waals surface area contributed by atoms with Gasteiger partial charge in [-0.3, -0.25) is 0 Å². The fourth-order valence-electron chi connectivity index (χ4n) is 1.67. The number of aliphatic carboxylic acids is 1. The van der Waals surface area contributed by atoms with Gasteiger partial charge in [0, 0.05) is 20.3 Å². The van der Waals surface area contributed by atoms with Crippen LogP contribution in [0.15, 0.2) is 18.2 Å². The van der Waals surface area contributed by atoms with Crippen molar-refractivity contribution in [3.8, 4) is 11.5 Å². The van der Waals surface area contributed by atoms with Crippen LogP contribution in [0.5, 0.6) is 11.5 Å². The zero-order chi connectivity index (χ0) is 19.2. The van der Waals surface area contributed by atoms with Crippen LogP contribution in [0.25, 0.3) is 6.08 Å². The van der Waals surface area contributed by atoms with Crippen LogP contribution in [0.2, 0.25) is 5.02 Å². The summed E-state index contributed by atoms with van der Waals surface area (Å²) >= 11 is 6.14. The highest BCUT2D eigenvalue weighted by Crippen LogP contribution is 2.34. The number of benzene rings is 1. The minimum Gasteiger partial charge on any atom is -0.545 e. The van der Waals surface area contributed by atoms with Crippen molar-refractivity contribution in [3.05, 3.63) is 28.8 Å². The number of carbonyl (C=O) groups excluding carboxylic acids is 1. The van der Waals surface area contributed by atoms with Gasteiger partial charge in [-0.15, -0.1) is 0 Å². The van der Waals surface area contributed by atoms with Gasteiger partial charge in [0.2, 0.25) is 0 Å². The Labute approximate surface area is 157 Å². The first kappa shape index (κ1) is 22.2. The Morgan fingerprint density at radius 1 is 1.00 bits per heavy atom. The molecule has 0 aliphatic rings. The third kappa shape index (κ3) is 9.02. The lowest BCUT2D eigenvalue weighted by Gasteiger charge is -2.15. The lowest BCUT2D eigenvalue weighted by Crippen LogP contribution is -2.18. The van der Waals surface area contributed by atoms with Gasteiger partial charge in [0.05, 0.1) is 37.4 Å². The zero-order valence-corrected chi connectivity index (χ0v) is 15.5. The van der Waals surface area contributed by atoms with Crippen molar-refractivity contribution < 1.29 is 38.3 Å². The van der Waals surface area contributed by atoms with E-state index in [0.717, 1.165) is 6.08 Å². The number of rotatable bonds is 14. The van der Waals surface area contributed by atoms with Gasteiger partial charge in [-0.05, 0) is 17.7 Å². The minimum absolute atomic E-state index is 0.0329. The van der Waals surface area contributed by atoms with Gasteiger partial charge in [-0.1, -0.05) is 17.7 Å². The molecule has 0 unspecified atom stereocenters. The van der Waals surface area contributed by atoms with Gasteiger partial charge in [0.15, 0.2) is 25.1 Å². The first-order valence-electron chi connectivity index (χ1n) is 7.70. The molecular weight excluding hydrogens is 368 g/mol. The summed E-state index contributed by atoms with van der Waals surface area (Å²) in [6.07, 6.45) is 2.17. The van der Waals surface area contributed by atoms with E-state index < -0.39 is 5.97 Å². The van der Waals surface area contributed by atoms with Crippen molar-refractivity contribution in [2.24, 2.45) is 0 Å². The number of halogens is 1. The molecule has 0 saturated carbocycles. The molecule has 0 amide bonds. The molecule has 0 aliphatic heterocycles. The van der Waals surface area contributed by atoms with Gasteiger partial charge < -0.3 is 38.3 Å². The number of carboxylic acid groups (broad SMARTS) is 1. The molecule has 0 N–H and O–H groups in total. The Hall–Kier alpha value is -1.84. The average molecular weight is 390 g/mol. The average Bonchev–Trinajstić information content (AvgIpc) is 2.61. The molecule has 0 aliphatic carbocycles. The monoisotopic (exact) mass is 389 g/mol. The van der Waals surface area contributed by atoms with E-state index in [1.807, 2.05) is 0 Å². The molecule has 0 spiro atoms. The summed E-state index contributed by atoms with van der Waals surface area (Å²) in [6, 6.07) is 3.03. The molecule has 1 aromatic rings. The Morgan fingerprint density at radius 3 is 2.04 bits per heavy atom. The Morgan fingerprint density at radius 2 is 1.54 bits per heavy atom. The van der Waals surface area contributed by atoms with Crippen LogP contribution < -0.4 is 14.6 Å². The number of ether oxygens (including phenoxy) is 6. The fraction of sp³-hybridized carbons (Fsp3) is 0.471. The Kier molecular flexibility index (Phi) is 11.4. The van der Waals surface area contributed by atoms with E-state index in [-0.39, 0.29) is 18.6 Å². The second-order valence-electron chi connectivity index (χ2n) is 4.80. The second kappa shape index (κ2) is 13.4. The highest BCUT2D eigenvalue weighted by atomic mass is 35.5. The molecule has 146 valence electrons. The summed E-state index contributed by atoms with van der Waals surface area (Å²) in [5.74, 6) is -0.688. The van der Waals surface area contributed by atoms with E-state index in [9.17, 15) is 9.90 Å². The van der Waals surface area contributed by atoms with Crippen LogP contribution in [-0.2, 0) is 23.7 Å².